The van der Waals surface area contributed by atoms with Gasteiger partial charge >= 0.3 is 5.97 Å². The van der Waals surface area contributed by atoms with Crippen LogP contribution in [0.2, 0.25) is 5.02 Å². The minimum Gasteiger partial charge on any atom is -0.493 e. The summed E-state index contributed by atoms with van der Waals surface area (Å²) in [4.78, 5) is 29.0. The highest BCUT2D eigenvalue weighted by atomic mass is 35.5. The lowest BCUT2D eigenvalue weighted by Gasteiger charge is -2.10. The Labute approximate surface area is 230 Å². The van der Waals surface area contributed by atoms with Crippen LogP contribution in [0.25, 0.3) is 22.0 Å². The Kier molecular flexibility index (Phi) is 7.43. The van der Waals surface area contributed by atoms with Crippen LogP contribution in [0.3, 0.4) is 0 Å². The number of hydrogen-bond donors (Lipinski definition) is 2. The average molecular weight is 538 g/mol. The molecule has 0 atom stereocenters. The number of benzene rings is 4. The lowest BCUT2D eigenvalue weighted by Crippen LogP contribution is -2.18. The van der Waals surface area contributed by atoms with Crippen LogP contribution in [0.15, 0.2) is 96.1 Å². The Balaban J connectivity index is 1.36. The van der Waals surface area contributed by atoms with E-state index < -0.39 is 5.97 Å². The normalized spacial score (nSPS) is 11.1. The van der Waals surface area contributed by atoms with Crippen LogP contribution in [0.5, 0.6) is 11.5 Å². The molecule has 39 heavy (non-hydrogen) atoms. The Bertz CT molecular complexity index is 1710. The fourth-order valence-corrected chi connectivity index (χ4v) is 4.50. The molecule has 0 fully saturated rings. The van der Waals surface area contributed by atoms with Crippen molar-refractivity contribution in [3.8, 4) is 22.6 Å². The van der Waals surface area contributed by atoms with Crippen molar-refractivity contribution in [1.29, 1.82) is 0 Å². The second kappa shape index (κ2) is 11.2. The number of esters is 1. The average Bonchev–Trinajstić information content (AvgIpc) is 3.35. The second-order valence-electron chi connectivity index (χ2n) is 8.72. The summed E-state index contributed by atoms with van der Waals surface area (Å²) in [5.41, 5.74) is 7.58. The number of nitrogens with zero attached hydrogens (tertiary/aromatic N) is 1. The fraction of sp³-hybridized carbons (Fsp3) is 0.0645. The van der Waals surface area contributed by atoms with E-state index in [1.165, 1.54) is 13.3 Å². The van der Waals surface area contributed by atoms with Crippen molar-refractivity contribution < 1.29 is 19.1 Å². The van der Waals surface area contributed by atoms with E-state index in [1.807, 2.05) is 55.5 Å². The molecule has 194 valence electrons. The van der Waals surface area contributed by atoms with Crippen LogP contribution in [0, 0.1) is 6.92 Å². The van der Waals surface area contributed by atoms with Crippen LogP contribution in [0.1, 0.15) is 32.0 Å². The highest BCUT2D eigenvalue weighted by Crippen LogP contribution is 2.34. The highest BCUT2D eigenvalue weighted by Gasteiger charge is 2.20. The van der Waals surface area contributed by atoms with Crippen molar-refractivity contribution in [2.45, 2.75) is 6.92 Å². The first-order valence-corrected chi connectivity index (χ1v) is 12.5. The maximum absolute atomic E-state index is 13.2. The minimum atomic E-state index is -0.602. The van der Waals surface area contributed by atoms with Gasteiger partial charge in [0, 0.05) is 16.5 Å². The van der Waals surface area contributed by atoms with E-state index >= 15 is 0 Å². The third-order valence-electron chi connectivity index (χ3n) is 6.20. The number of para-hydroxylation sites is 1. The van der Waals surface area contributed by atoms with Gasteiger partial charge in [-0.15, -0.1) is 0 Å². The number of nitrogens with one attached hydrogen (secondary N) is 2. The summed E-state index contributed by atoms with van der Waals surface area (Å²) in [5.74, 6) is -0.430. The molecule has 5 rings (SSSR count). The standard InChI is InChI=1S/C31H24ClN3O4/c1-19-9-8-13-23-27(21-10-4-3-5-11-21)29(34-28(19)23)30(36)35-33-18-20-15-16-25(26(17-20)38-2)39-31(37)22-12-6-7-14-24(22)32/h3-18,34H,1-2H3,(H,35,36). The Morgan fingerprint density at radius 3 is 2.46 bits per heavy atom. The molecule has 0 aliphatic heterocycles. The van der Waals surface area contributed by atoms with Crippen LogP contribution >= 0.6 is 11.6 Å². The molecule has 4 aromatic carbocycles. The summed E-state index contributed by atoms with van der Waals surface area (Å²) in [5, 5.41) is 5.40. The zero-order valence-electron chi connectivity index (χ0n) is 21.2. The second-order valence-corrected chi connectivity index (χ2v) is 9.12. The quantitative estimate of drug-likeness (QED) is 0.103. The van der Waals surface area contributed by atoms with Gasteiger partial charge in [-0.3, -0.25) is 4.79 Å². The first-order chi connectivity index (χ1) is 19.0. The van der Waals surface area contributed by atoms with E-state index in [9.17, 15) is 9.59 Å². The van der Waals surface area contributed by atoms with Crippen molar-refractivity contribution in [3.63, 3.8) is 0 Å². The molecule has 0 bridgehead atoms. The van der Waals surface area contributed by atoms with Crippen LogP contribution < -0.4 is 14.9 Å². The first-order valence-electron chi connectivity index (χ1n) is 12.1. The lowest BCUT2D eigenvalue weighted by atomic mass is 10.0. The number of hydrogen-bond acceptors (Lipinski definition) is 5. The number of fused-ring (bicyclic) bond motifs is 1. The first kappa shape index (κ1) is 25.8. The molecular weight excluding hydrogens is 514 g/mol. The van der Waals surface area contributed by atoms with E-state index in [1.54, 1.807) is 42.5 Å². The number of ether oxygens (including phenoxy) is 2. The van der Waals surface area contributed by atoms with Crippen LogP contribution in [-0.4, -0.2) is 30.2 Å². The third-order valence-corrected chi connectivity index (χ3v) is 6.53. The molecular formula is C31H24ClN3O4. The van der Waals surface area contributed by atoms with Gasteiger partial charge in [0.1, 0.15) is 5.69 Å². The van der Waals surface area contributed by atoms with E-state index in [-0.39, 0.29) is 17.2 Å². The van der Waals surface area contributed by atoms with Crippen molar-refractivity contribution in [1.82, 2.24) is 10.4 Å². The molecule has 2 N–H and O–H groups in total. The van der Waals surface area contributed by atoms with Crippen molar-refractivity contribution in [2.24, 2.45) is 5.10 Å². The molecule has 0 radical (unpaired) electrons. The molecule has 0 saturated carbocycles. The number of halogens is 1. The molecule has 1 amide bonds. The predicted octanol–water partition coefficient (Wildman–Crippen LogP) is 6.79. The Hall–Kier alpha value is -4.88. The van der Waals surface area contributed by atoms with E-state index in [0.717, 1.165) is 27.6 Å². The number of aromatic amines is 1. The van der Waals surface area contributed by atoms with Crippen LogP contribution in [0.4, 0.5) is 0 Å². The van der Waals surface area contributed by atoms with Gasteiger partial charge in [-0.1, -0.05) is 72.3 Å². The number of H-pyrrole nitrogens is 1. The molecule has 0 saturated heterocycles. The minimum absolute atomic E-state index is 0.226. The van der Waals surface area contributed by atoms with Gasteiger partial charge in [0.25, 0.3) is 5.91 Å². The Morgan fingerprint density at radius 1 is 0.923 bits per heavy atom. The molecule has 8 heteroatoms. The smallest absolute Gasteiger partial charge is 0.345 e. The van der Waals surface area contributed by atoms with Crippen molar-refractivity contribution in [2.75, 3.05) is 7.11 Å². The monoisotopic (exact) mass is 537 g/mol. The van der Waals surface area contributed by atoms with E-state index in [0.29, 0.717) is 22.0 Å². The van der Waals surface area contributed by atoms with Gasteiger partial charge in [-0.2, -0.15) is 5.10 Å². The molecule has 5 aromatic rings. The largest absolute Gasteiger partial charge is 0.493 e. The molecule has 7 nitrogen and oxygen atoms in total. The van der Waals surface area contributed by atoms with Crippen molar-refractivity contribution in [3.05, 3.63) is 118 Å². The predicted molar refractivity (Wildman–Crippen MR) is 153 cm³/mol. The van der Waals surface area contributed by atoms with E-state index in [2.05, 4.69) is 15.5 Å². The molecule has 0 unspecified atom stereocenters. The fourth-order valence-electron chi connectivity index (χ4n) is 4.29. The summed E-state index contributed by atoms with van der Waals surface area (Å²) < 4.78 is 10.9. The number of aromatic nitrogens is 1. The zero-order chi connectivity index (χ0) is 27.4. The van der Waals surface area contributed by atoms with Gasteiger partial charge < -0.3 is 14.5 Å². The number of aryl methyl sites for hydroxylation is 1. The molecule has 0 aliphatic rings. The number of amides is 1. The van der Waals surface area contributed by atoms with Gasteiger partial charge in [0.05, 0.1) is 23.9 Å². The molecule has 1 heterocycles. The van der Waals surface area contributed by atoms with Gasteiger partial charge in [-0.25, -0.2) is 10.2 Å². The van der Waals surface area contributed by atoms with Crippen LogP contribution in [-0.2, 0) is 0 Å². The number of methoxy groups -OCH3 is 1. The molecule has 1 aromatic heterocycles. The maximum atomic E-state index is 13.2. The number of carbonyl (C=O) groups is 2. The van der Waals surface area contributed by atoms with Gasteiger partial charge in [0.2, 0.25) is 0 Å². The molecule has 0 spiro atoms. The maximum Gasteiger partial charge on any atom is 0.345 e. The van der Waals surface area contributed by atoms with Crippen molar-refractivity contribution >= 4 is 40.6 Å². The summed E-state index contributed by atoms with van der Waals surface area (Å²) in [7, 11) is 1.47. The van der Waals surface area contributed by atoms with Gasteiger partial charge in [-0.05, 0) is 53.9 Å². The summed E-state index contributed by atoms with van der Waals surface area (Å²) >= 11 is 6.10. The van der Waals surface area contributed by atoms with Gasteiger partial charge in [0.15, 0.2) is 11.5 Å². The number of rotatable bonds is 7. The number of carbonyl (C=O) groups excluding carboxylic acids is 2. The summed E-state index contributed by atoms with van der Waals surface area (Å²) in [6, 6.07) is 27.3. The zero-order valence-corrected chi connectivity index (χ0v) is 22.0. The highest BCUT2D eigenvalue weighted by molar-refractivity contribution is 6.33. The molecule has 0 aliphatic carbocycles. The summed E-state index contributed by atoms with van der Waals surface area (Å²) in [6.45, 7) is 2.00. The lowest BCUT2D eigenvalue weighted by molar-refractivity contribution is 0.0729. The SMILES string of the molecule is COc1cc(C=NNC(=O)c2[nH]c3c(C)cccc3c2-c2ccccc2)ccc1OC(=O)c1ccccc1Cl. The number of hydrazone groups is 1. The third kappa shape index (κ3) is 5.39. The van der Waals surface area contributed by atoms with E-state index in [4.69, 9.17) is 21.1 Å². The topological polar surface area (TPSA) is 92.8 Å². The Morgan fingerprint density at radius 2 is 1.69 bits per heavy atom. The summed E-state index contributed by atoms with van der Waals surface area (Å²) in [6.07, 6.45) is 1.48.